The second kappa shape index (κ2) is 44.8. The van der Waals surface area contributed by atoms with Crippen LogP contribution in [0.1, 0.15) is 127 Å². The van der Waals surface area contributed by atoms with Crippen LogP contribution in [0.4, 0.5) is 32.3 Å². The summed E-state index contributed by atoms with van der Waals surface area (Å²) in [6.45, 7) is 29.7. The number of carbonyl (C=O) groups is 6. The molecule has 4 atom stereocenters. The summed E-state index contributed by atoms with van der Waals surface area (Å²) in [5.74, 6) is 2.65. The maximum atomic E-state index is 15.4. The van der Waals surface area contributed by atoms with Crippen LogP contribution >= 0.6 is 0 Å². The number of methoxy groups -OCH3 is 6. The lowest BCUT2D eigenvalue weighted by molar-refractivity contribution is -0.144. The summed E-state index contributed by atoms with van der Waals surface area (Å²) >= 11 is 0. The molecule has 12 rings (SSSR count). The van der Waals surface area contributed by atoms with Crippen molar-refractivity contribution in [2.75, 3.05) is 155 Å². The van der Waals surface area contributed by atoms with Crippen molar-refractivity contribution in [3.63, 3.8) is 0 Å². The number of fused-ring (bicyclic) bond motifs is 2. The van der Waals surface area contributed by atoms with Crippen LogP contribution in [-0.2, 0) is 60.8 Å². The standard InChI is InChI=1S/C47H65N3O11Si.C32H47NO9Si.C15H20N2O3/c1-47(2,3)61-46(53)48-17-15-40(41(28-48)45(52)50(34-11-12-34)35-13-14-43-42(25-35)49(16-10-18-54-4)44(51)30-59-43)33-23-38(27-39(24-33)60-31-57-19-20-62(7,8)9)58-29-32-21-36(55-5)26-37(22-32)56-6;1-32(2,3)42-31(36)33-10-9-28(29(19-33)30(34)35)23-15-26(18-27(16-23)41-21-39-11-12-43(6,7)8)40-20-22-13-24(37-4)17-25(14-22)38-5;1-19-8-2-7-17-13-9-12(16-11-3-4-11)5-6-14(13)20-10-15(17)18/h13-14,21-27,34,40-41H,10-12,15-20,28-31H2,1-9H3;13-18,28-29H,9-12,19-21H2,1-8H3,(H,34,35);5-6,9,11,16H,2-4,7-8,10H2,1H3/t40-,41+;28-,29+;/m11./s1. The fraction of sp³-hybridized carbons (Fsp3) is 0.553. The molecule has 125 heavy (non-hydrogen) atoms. The van der Waals surface area contributed by atoms with Crippen LogP contribution in [0.15, 0.2) is 109 Å². The molecule has 4 fully saturated rings. The summed E-state index contributed by atoms with van der Waals surface area (Å²) in [6.07, 6.45) is 5.53. The number of amides is 5. The van der Waals surface area contributed by atoms with E-state index in [2.05, 4.69) is 44.6 Å². The van der Waals surface area contributed by atoms with Gasteiger partial charge < -0.3 is 111 Å². The van der Waals surface area contributed by atoms with Crippen molar-refractivity contribution in [1.82, 2.24) is 9.80 Å². The molecule has 2 N–H and O–H groups in total. The minimum Gasteiger partial charge on any atom is -0.497 e. The highest BCUT2D eigenvalue weighted by atomic mass is 28.3. The number of anilines is 4. The van der Waals surface area contributed by atoms with Crippen LogP contribution in [0.2, 0.25) is 51.4 Å². The molecule has 0 bridgehead atoms. The maximum absolute atomic E-state index is 15.4. The number of rotatable bonds is 38. The summed E-state index contributed by atoms with van der Waals surface area (Å²) in [5.41, 5.74) is 5.11. The molecular weight excluding hydrogens is 1640 g/mol. The quantitative estimate of drug-likeness (QED) is 0.0207. The number of nitrogens with zero attached hydrogens (tertiary/aromatic N) is 5. The number of likely N-dealkylation sites (tertiary alicyclic amines) is 2. The van der Waals surface area contributed by atoms with E-state index in [4.69, 9.17) is 75.8 Å². The van der Waals surface area contributed by atoms with Crippen molar-refractivity contribution in [2.45, 2.75) is 193 Å². The number of carboxylic acid groups (broad SMARTS) is 1. The molecule has 2 aliphatic carbocycles. The SMILES string of the molecule is COCCCN1C(=O)COc2ccc(N(C(=O)[C@H]3CN(C(=O)OC(C)(C)C)CC[C@@H]3c3cc(OCOCC[Si](C)(C)C)cc(OCc4cc(OC)cc(OC)c4)c3)C3CC3)cc21.COCCCN1C(=O)COc2ccc(NC3CC3)cc21.COc1cc(COc2cc(OCOCC[Si](C)(C)C)cc([C@H]3CCN(C(=O)OC(C)(C)C)C[C@@H]3C(=O)O)c2)cc(OC)c1. The minimum absolute atomic E-state index is 0.0113. The van der Waals surface area contributed by atoms with Crippen molar-refractivity contribution in [3.8, 4) is 57.5 Å². The molecule has 684 valence electrons. The van der Waals surface area contributed by atoms with Crippen LogP contribution < -0.4 is 67.4 Å². The van der Waals surface area contributed by atoms with E-state index in [9.17, 15) is 29.1 Å². The zero-order valence-electron chi connectivity index (χ0n) is 76.4. The smallest absolute Gasteiger partial charge is 0.410 e. The molecule has 6 aliphatic rings. The van der Waals surface area contributed by atoms with Gasteiger partial charge in [0, 0.05) is 150 Å². The molecule has 0 spiro atoms. The Kier molecular flexibility index (Phi) is 34.8. The summed E-state index contributed by atoms with van der Waals surface area (Å²) in [7, 11) is 7.15. The first-order valence-corrected chi connectivity index (χ1v) is 50.7. The summed E-state index contributed by atoms with van der Waals surface area (Å²) in [4.78, 5) is 87.9. The Balaban J connectivity index is 0.000000222. The normalized spacial score (nSPS) is 17.6. The maximum Gasteiger partial charge on any atom is 0.410 e. The Morgan fingerprint density at radius 3 is 1.30 bits per heavy atom. The third-order valence-electron chi connectivity index (χ3n) is 21.7. The number of aliphatic carboxylic acids is 1. The predicted octanol–water partition coefficient (Wildman–Crippen LogP) is 16.7. The van der Waals surface area contributed by atoms with Gasteiger partial charge in [0.1, 0.15) is 81.9 Å². The van der Waals surface area contributed by atoms with Crippen molar-refractivity contribution >= 4 is 74.8 Å². The lowest BCUT2D eigenvalue weighted by atomic mass is 9.79. The van der Waals surface area contributed by atoms with Crippen molar-refractivity contribution in [2.24, 2.45) is 11.8 Å². The summed E-state index contributed by atoms with van der Waals surface area (Å²) < 4.78 is 91.3. The Hall–Kier alpha value is -10.2. The van der Waals surface area contributed by atoms with E-state index >= 15 is 4.79 Å². The van der Waals surface area contributed by atoms with Crippen LogP contribution in [0.3, 0.4) is 0 Å². The number of piperidine rings is 2. The van der Waals surface area contributed by atoms with Gasteiger partial charge in [0.2, 0.25) is 5.91 Å². The molecule has 0 radical (unpaired) electrons. The van der Waals surface area contributed by atoms with Gasteiger partial charge in [0.25, 0.3) is 11.8 Å². The van der Waals surface area contributed by atoms with Gasteiger partial charge in [-0.1, -0.05) is 39.3 Å². The Morgan fingerprint density at radius 2 is 0.896 bits per heavy atom. The second-order valence-corrected chi connectivity index (χ2v) is 47.9. The first-order valence-electron chi connectivity index (χ1n) is 43.3. The third kappa shape index (κ3) is 30.0. The monoisotopic (exact) mass is 1770 g/mol. The van der Waals surface area contributed by atoms with Crippen molar-refractivity contribution in [1.29, 1.82) is 0 Å². The number of carboxylic acids is 1. The van der Waals surface area contributed by atoms with E-state index in [1.54, 1.807) is 96.3 Å². The Labute approximate surface area is 739 Å². The largest absolute Gasteiger partial charge is 0.497 e. The van der Waals surface area contributed by atoms with Gasteiger partial charge in [-0.25, -0.2) is 9.59 Å². The molecular formula is C94H132N6O23Si2. The van der Waals surface area contributed by atoms with Gasteiger partial charge in [-0.2, -0.15) is 0 Å². The molecule has 6 aromatic carbocycles. The lowest BCUT2D eigenvalue weighted by Gasteiger charge is -2.41. The predicted molar refractivity (Wildman–Crippen MR) is 484 cm³/mol. The first-order chi connectivity index (χ1) is 59.5. The zero-order valence-corrected chi connectivity index (χ0v) is 78.4. The van der Waals surface area contributed by atoms with Gasteiger partial charge in [0.05, 0.1) is 51.6 Å². The van der Waals surface area contributed by atoms with Crippen LogP contribution in [0, 0.1) is 11.8 Å². The van der Waals surface area contributed by atoms with Crippen LogP contribution in [-0.4, -0.2) is 225 Å². The third-order valence-corrected chi connectivity index (χ3v) is 25.1. The van der Waals surface area contributed by atoms with Crippen molar-refractivity contribution < 1.29 is 110 Å². The fourth-order valence-electron chi connectivity index (χ4n) is 14.8. The van der Waals surface area contributed by atoms with E-state index < -0.39 is 57.3 Å². The van der Waals surface area contributed by atoms with Gasteiger partial charge >= 0.3 is 18.2 Å². The fourth-order valence-corrected chi connectivity index (χ4v) is 16.3. The second-order valence-electron chi connectivity index (χ2n) is 36.7. The summed E-state index contributed by atoms with van der Waals surface area (Å²) in [5, 5.41) is 13.6. The Bertz CT molecular complexity index is 4550. The molecule has 4 aliphatic heterocycles. The van der Waals surface area contributed by atoms with Gasteiger partial charge in [-0.05, 0) is 218 Å². The molecule has 31 heteroatoms. The molecule has 5 amide bonds. The molecule has 4 heterocycles. The zero-order chi connectivity index (χ0) is 90.3. The number of carbonyl (C=O) groups excluding carboxylic acids is 5. The average Bonchev–Trinajstić information content (AvgIpc) is 1.69. The topological polar surface area (TPSA) is 299 Å². The minimum atomic E-state index is -1.31. The number of benzene rings is 6. The molecule has 2 saturated carbocycles. The van der Waals surface area contributed by atoms with Crippen LogP contribution in [0.5, 0.6) is 57.5 Å². The summed E-state index contributed by atoms with van der Waals surface area (Å²) in [6, 6.07) is 36.5. The molecule has 2 saturated heterocycles. The van der Waals surface area contributed by atoms with E-state index in [1.165, 1.54) is 17.7 Å². The average molecular weight is 1770 g/mol. The van der Waals surface area contributed by atoms with Crippen LogP contribution in [0.25, 0.3) is 0 Å². The van der Waals surface area contributed by atoms with E-state index in [1.807, 2.05) is 117 Å². The number of hydrogen-bond donors (Lipinski definition) is 2. The highest BCUT2D eigenvalue weighted by Gasteiger charge is 2.46. The Morgan fingerprint density at radius 1 is 0.488 bits per heavy atom. The number of ether oxygens (including phenoxy) is 16. The highest BCUT2D eigenvalue weighted by Crippen LogP contribution is 2.46. The molecule has 0 unspecified atom stereocenters. The van der Waals surface area contributed by atoms with E-state index in [0.717, 1.165) is 70.7 Å². The van der Waals surface area contributed by atoms with Gasteiger partial charge in [-0.15, -0.1) is 0 Å². The number of nitrogens with one attached hydrogen (secondary N) is 1. The molecule has 0 aromatic heterocycles. The first kappa shape index (κ1) is 97.0. The lowest BCUT2D eigenvalue weighted by Crippen LogP contribution is -2.51. The van der Waals surface area contributed by atoms with Gasteiger partial charge in [0.15, 0.2) is 26.8 Å². The number of hydrogen-bond acceptors (Lipinski definition) is 23. The van der Waals surface area contributed by atoms with E-state index in [-0.39, 0.29) is 88.7 Å². The van der Waals surface area contributed by atoms with Gasteiger partial charge in [-0.3, -0.25) is 19.2 Å². The van der Waals surface area contributed by atoms with E-state index in [0.29, 0.717) is 141 Å². The molecule has 6 aromatic rings. The van der Waals surface area contributed by atoms with Crippen molar-refractivity contribution in [3.05, 3.63) is 131 Å². The highest BCUT2D eigenvalue weighted by molar-refractivity contribution is 6.76. The molecule has 29 nitrogen and oxygen atoms in total.